The fourth-order valence-electron chi connectivity index (χ4n) is 3.81. The molecule has 2 aromatic heterocycles. The van der Waals surface area contributed by atoms with Crippen molar-refractivity contribution >= 4 is 28.6 Å². The van der Waals surface area contributed by atoms with Gasteiger partial charge in [-0.05, 0) is 36.3 Å². The molecule has 1 saturated heterocycles. The first kappa shape index (κ1) is 12.4. The van der Waals surface area contributed by atoms with Crippen LogP contribution in [0.5, 0.6) is 0 Å². The van der Waals surface area contributed by atoms with E-state index in [4.69, 9.17) is 11.6 Å². The van der Waals surface area contributed by atoms with Crippen LogP contribution in [-0.4, -0.2) is 33.0 Å². The molecule has 6 heteroatoms. The lowest BCUT2D eigenvalue weighted by atomic mass is 9.75. The van der Waals surface area contributed by atoms with Crippen molar-refractivity contribution in [2.45, 2.75) is 32.1 Å². The largest absolute Gasteiger partial charge is 0.354 e. The Morgan fingerprint density at radius 3 is 2.90 bits per heavy atom. The lowest BCUT2D eigenvalue weighted by Crippen LogP contribution is -2.42. The monoisotopic (exact) mass is 291 g/mol. The van der Waals surface area contributed by atoms with E-state index in [1.165, 1.54) is 32.1 Å². The molecule has 2 unspecified atom stereocenters. The Labute approximate surface area is 122 Å². The van der Waals surface area contributed by atoms with Crippen LogP contribution in [0.15, 0.2) is 6.33 Å². The number of piperidine rings is 1. The van der Waals surface area contributed by atoms with Gasteiger partial charge in [0.15, 0.2) is 11.5 Å². The molecule has 2 aliphatic rings. The van der Waals surface area contributed by atoms with Crippen molar-refractivity contribution in [3.63, 3.8) is 0 Å². The summed E-state index contributed by atoms with van der Waals surface area (Å²) in [5.74, 6) is 2.64. The van der Waals surface area contributed by atoms with Crippen molar-refractivity contribution in [1.82, 2.24) is 19.9 Å². The van der Waals surface area contributed by atoms with Gasteiger partial charge in [0.1, 0.15) is 5.52 Å². The van der Waals surface area contributed by atoms with Gasteiger partial charge in [-0.15, -0.1) is 0 Å². The summed E-state index contributed by atoms with van der Waals surface area (Å²) < 4.78 is 0. The van der Waals surface area contributed by atoms with E-state index in [1.54, 1.807) is 6.33 Å². The average Bonchev–Trinajstić information content (AvgIpc) is 2.94. The van der Waals surface area contributed by atoms with Gasteiger partial charge >= 0.3 is 0 Å². The molecule has 4 rings (SSSR count). The maximum absolute atomic E-state index is 6.03. The van der Waals surface area contributed by atoms with E-state index in [-0.39, 0.29) is 5.28 Å². The molecule has 1 N–H and O–H groups in total. The normalized spacial score (nSPS) is 26.8. The zero-order chi connectivity index (χ0) is 13.5. The molecule has 2 atom stereocenters. The van der Waals surface area contributed by atoms with Gasteiger partial charge < -0.3 is 9.88 Å². The van der Waals surface area contributed by atoms with Crippen molar-refractivity contribution in [1.29, 1.82) is 0 Å². The zero-order valence-corrected chi connectivity index (χ0v) is 12.1. The molecular formula is C14H18ClN5. The number of hydrogen-bond donors (Lipinski definition) is 1. The van der Waals surface area contributed by atoms with Crippen LogP contribution < -0.4 is 4.90 Å². The molecule has 2 aromatic rings. The molecule has 5 nitrogen and oxygen atoms in total. The minimum Gasteiger partial charge on any atom is -0.354 e. The zero-order valence-electron chi connectivity index (χ0n) is 11.3. The van der Waals surface area contributed by atoms with Crippen LogP contribution in [0.1, 0.15) is 32.1 Å². The lowest BCUT2D eigenvalue weighted by Gasteiger charge is -2.41. The van der Waals surface area contributed by atoms with Crippen molar-refractivity contribution in [2.24, 2.45) is 11.8 Å². The molecular weight excluding hydrogens is 274 g/mol. The van der Waals surface area contributed by atoms with Crippen LogP contribution in [-0.2, 0) is 0 Å². The van der Waals surface area contributed by atoms with Crippen molar-refractivity contribution < 1.29 is 0 Å². The predicted octanol–water partition coefficient (Wildman–Crippen LogP) is 3.02. The van der Waals surface area contributed by atoms with Crippen LogP contribution in [0.4, 0.5) is 5.82 Å². The van der Waals surface area contributed by atoms with E-state index in [0.29, 0.717) is 5.65 Å². The Morgan fingerprint density at radius 1 is 1.15 bits per heavy atom. The number of nitrogens with zero attached hydrogens (tertiary/aromatic N) is 4. The number of H-pyrrole nitrogens is 1. The number of nitrogens with one attached hydrogen (secondary N) is 1. The molecule has 1 aliphatic heterocycles. The van der Waals surface area contributed by atoms with E-state index in [2.05, 4.69) is 24.8 Å². The standard InChI is InChI=1S/C14H18ClN5/c15-14-18-12-11(16-8-17-12)13(19-14)20-6-5-9-3-1-2-4-10(9)7-20/h8-10H,1-7H2,(H,16,17,18,19). The minimum atomic E-state index is 0.283. The maximum Gasteiger partial charge on any atom is 0.226 e. The number of halogens is 1. The second kappa shape index (κ2) is 4.88. The third-order valence-electron chi connectivity index (χ3n) is 4.83. The molecule has 2 fully saturated rings. The topological polar surface area (TPSA) is 57.7 Å². The fourth-order valence-corrected chi connectivity index (χ4v) is 3.97. The number of fused-ring (bicyclic) bond motifs is 2. The molecule has 0 amide bonds. The summed E-state index contributed by atoms with van der Waals surface area (Å²) in [6.45, 7) is 2.15. The smallest absolute Gasteiger partial charge is 0.226 e. The third-order valence-corrected chi connectivity index (χ3v) is 5.00. The summed E-state index contributed by atoms with van der Waals surface area (Å²) in [6, 6.07) is 0. The SMILES string of the molecule is Clc1nc(N2CCC3CCCCC3C2)c2[nH]cnc2n1. The summed E-state index contributed by atoms with van der Waals surface area (Å²) in [5, 5.41) is 0.283. The molecule has 0 bridgehead atoms. The first-order valence-electron chi connectivity index (χ1n) is 7.43. The number of imidazole rings is 1. The Morgan fingerprint density at radius 2 is 2.00 bits per heavy atom. The second-order valence-corrected chi connectivity index (χ2v) is 6.29. The summed E-state index contributed by atoms with van der Waals surface area (Å²) in [4.78, 5) is 18.3. The quantitative estimate of drug-likeness (QED) is 0.821. The summed E-state index contributed by atoms with van der Waals surface area (Å²) in [7, 11) is 0. The Hall–Kier alpha value is -1.36. The Balaban J connectivity index is 1.67. The number of aromatic amines is 1. The van der Waals surface area contributed by atoms with Crippen LogP contribution >= 0.6 is 11.6 Å². The van der Waals surface area contributed by atoms with Crippen molar-refractivity contribution in [3.05, 3.63) is 11.6 Å². The van der Waals surface area contributed by atoms with Gasteiger partial charge in [-0.25, -0.2) is 4.98 Å². The summed E-state index contributed by atoms with van der Waals surface area (Å²) in [5.41, 5.74) is 1.56. The van der Waals surface area contributed by atoms with Gasteiger partial charge in [0, 0.05) is 13.1 Å². The van der Waals surface area contributed by atoms with E-state index < -0.39 is 0 Å². The van der Waals surface area contributed by atoms with Gasteiger partial charge in [-0.1, -0.05) is 19.3 Å². The van der Waals surface area contributed by atoms with Gasteiger partial charge in [0.2, 0.25) is 5.28 Å². The van der Waals surface area contributed by atoms with Crippen LogP contribution in [0.25, 0.3) is 11.2 Å². The van der Waals surface area contributed by atoms with Gasteiger partial charge in [0.25, 0.3) is 0 Å². The molecule has 1 saturated carbocycles. The second-order valence-electron chi connectivity index (χ2n) is 5.96. The van der Waals surface area contributed by atoms with Gasteiger partial charge in [-0.2, -0.15) is 9.97 Å². The number of hydrogen-bond acceptors (Lipinski definition) is 4. The highest BCUT2D eigenvalue weighted by Crippen LogP contribution is 2.38. The van der Waals surface area contributed by atoms with E-state index in [9.17, 15) is 0 Å². The van der Waals surface area contributed by atoms with Crippen LogP contribution in [0.3, 0.4) is 0 Å². The van der Waals surface area contributed by atoms with Crippen LogP contribution in [0, 0.1) is 11.8 Å². The van der Waals surface area contributed by atoms with Crippen molar-refractivity contribution in [3.8, 4) is 0 Å². The highest BCUT2D eigenvalue weighted by atomic mass is 35.5. The predicted molar refractivity (Wildman–Crippen MR) is 79.0 cm³/mol. The highest BCUT2D eigenvalue weighted by molar-refractivity contribution is 6.28. The van der Waals surface area contributed by atoms with Crippen molar-refractivity contribution in [2.75, 3.05) is 18.0 Å². The average molecular weight is 292 g/mol. The lowest BCUT2D eigenvalue weighted by molar-refractivity contribution is 0.202. The summed E-state index contributed by atoms with van der Waals surface area (Å²) >= 11 is 6.03. The summed E-state index contributed by atoms with van der Waals surface area (Å²) in [6.07, 6.45) is 8.47. The first-order chi connectivity index (χ1) is 9.81. The number of aromatic nitrogens is 4. The number of anilines is 1. The highest BCUT2D eigenvalue weighted by Gasteiger charge is 2.32. The van der Waals surface area contributed by atoms with E-state index in [1.807, 2.05) is 0 Å². The fraction of sp³-hybridized carbons (Fsp3) is 0.643. The number of rotatable bonds is 1. The molecule has 106 valence electrons. The molecule has 3 heterocycles. The third kappa shape index (κ3) is 2.04. The van der Waals surface area contributed by atoms with E-state index in [0.717, 1.165) is 36.3 Å². The van der Waals surface area contributed by atoms with Crippen LogP contribution in [0.2, 0.25) is 5.28 Å². The maximum atomic E-state index is 6.03. The Kier molecular flexibility index (Phi) is 3.02. The molecule has 1 aliphatic carbocycles. The first-order valence-corrected chi connectivity index (χ1v) is 7.80. The van der Waals surface area contributed by atoms with Gasteiger partial charge in [-0.3, -0.25) is 0 Å². The van der Waals surface area contributed by atoms with E-state index >= 15 is 0 Å². The molecule has 0 spiro atoms. The minimum absolute atomic E-state index is 0.283. The van der Waals surface area contributed by atoms with Gasteiger partial charge in [0.05, 0.1) is 6.33 Å². The Bertz CT molecular complexity index is 625. The molecule has 0 aromatic carbocycles. The molecule has 0 radical (unpaired) electrons. The molecule has 20 heavy (non-hydrogen) atoms.